The predicted molar refractivity (Wildman–Crippen MR) is 67.5 cm³/mol. The molecule has 0 aliphatic heterocycles. The maximum atomic E-state index is 11.8. The molecule has 0 N–H and O–H groups in total. The molecule has 3 heteroatoms. The molecule has 1 rings (SSSR count). The maximum absolute atomic E-state index is 11.8. The number of ether oxygens (including phenoxy) is 2. The van der Waals surface area contributed by atoms with Crippen LogP contribution >= 0.6 is 0 Å². The topological polar surface area (TPSA) is 35.5 Å². The van der Waals surface area contributed by atoms with Crippen LogP contribution in [-0.4, -0.2) is 19.2 Å². The molecule has 17 heavy (non-hydrogen) atoms. The van der Waals surface area contributed by atoms with Crippen LogP contribution in [0.25, 0.3) is 0 Å². The second kappa shape index (κ2) is 6.28. The van der Waals surface area contributed by atoms with Crippen molar-refractivity contribution in [3.63, 3.8) is 0 Å². The lowest BCUT2D eigenvalue weighted by atomic mass is 10.1. The largest absolute Gasteiger partial charge is 0.492 e. The highest BCUT2D eigenvalue weighted by molar-refractivity contribution is 5.93. The van der Waals surface area contributed by atoms with Crippen LogP contribution in [0.4, 0.5) is 0 Å². The number of carbonyl (C=O) groups is 1. The lowest BCUT2D eigenvalue weighted by molar-refractivity contribution is 0.0520. The summed E-state index contributed by atoms with van der Waals surface area (Å²) in [5, 5.41) is 0. The molecule has 0 amide bonds. The van der Waals surface area contributed by atoms with Gasteiger partial charge in [-0.3, -0.25) is 0 Å². The van der Waals surface area contributed by atoms with E-state index in [1.807, 2.05) is 19.1 Å². The Morgan fingerprint density at radius 3 is 2.65 bits per heavy atom. The molecule has 0 spiro atoms. The fraction of sp³-hybridized carbons (Fsp3) is 0.500. The first-order valence-electron chi connectivity index (χ1n) is 5.95. The molecule has 3 nitrogen and oxygen atoms in total. The number of benzene rings is 1. The second-order valence-electron chi connectivity index (χ2n) is 4.38. The molecular weight excluding hydrogens is 216 g/mol. The minimum absolute atomic E-state index is 0.324. The van der Waals surface area contributed by atoms with Gasteiger partial charge in [-0.05, 0) is 31.4 Å². The van der Waals surface area contributed by atoms with Gasteiger partial charge in [0.15, 0.2) is 0 Å². The normalized spacial score (nSPS) is 10.4. The van der Waals surface area contributed by atoms with Crippen LogP contribution in [0.3, 0.4) is 0 Å². The molecule has 0 heterocycles. The standard InChI is InChI=1S/C14H20O3/c1-5-16-14(15)12-8-6-7-11(4)13(12)17-9-10(2)3/h6-8,10H,5,9H2,1-4H3. The second-order valence-corrected chi connectivity index (χ2v) is 4.38. The van der Waals surface area contributed by atoms with E-state index < -0.39 is 0 Å². The van der Waals surface area contributed by atoms with Crippen molar-refractivity contribution >= 4 is 5.97 Å². The van der Waals surface area contributed by atoms with E-state index in [0.29, 0.717) is 30.4 Å². The van der Waals surface area contributed by atoms with Gasteiger partial charge in [0.25, 0.3) is 0 Å². The predicted octanol–water partition coefficient (Wildman–Crippen LogP) is 3.21. The monoisotopic (exact) mass is 236 g/mol. The zero-order valence-corrected chi connectivity index (χ0v) is 10.9. The van der Waals surface area contributed by atoms with E-state index in [1.165, 1.54) is 0 Å². The Bertz CT molecular complexity index is 383. The Morgan fingerprint density at radius 1 is 1.35 bits per heavy atom. The highest BCUT2D eigenvalue weighted by Crippen LogP contribution is 2.24. The Hall–Kier alpha value is -1.51. The maximum Gasteiger partial charge on any atom is 0.341 e. The lowest BCUT2D eigenvalue weighted by Crippen LogP contribution is -2.11. The summed E-state index contributed by atoms with van der Waals surface area (Å²) < 4.78 is 10.7. The summed E-state index contributed by atoms with van der Waals surface area (Å²) in [6, 6.07) is 5.50. The lowest BCUT2D eigenvalue weighted by Gasteiger charge is -2.14. The summed E-state index contributed by atoms with van der Waals surface area (Å²) in [6.45, 7) is 8.83. The molecule has 0 radical (unpaired) electrons. The molecule has 0 atom stereocenters. The number of hydrogen-bond acceptors (Lipinski definition) is 3. The van der Waals surface area contributed by atoms with Crippen molar-refractivity contribution in [1.29, 1.82) is 0 Å². The van der Waals surface area contributed by atoms with Crippen molar-refractivity contribution in [2.75, 3.05) is 13.2 Å². The molecule has 0 unspecified atom stereocenters. The first-order valence-corrected chi connectivity index (χ1v) is 5.95. The molecule has 0 aromatic heterocycles. The van der Waals surface area contributed by atoms with E-state index >= 15 is 0 Å². The molecule has 0 saturated carbocycles. The number of para-hydroxylation sites is 1. The van der Waals surface area contributed by atoms with Crippen molar-refractivity contribution in [2.45, 2.75) is 27.7 Å². The van der Waals surface area contributed by atoms with Crippen molar-refractivity contribution in [2.24, 2.45) is 5.92 Å². The SMILES string of the molecule is CCOC(=O)c1cccc(C)c1OCC(C)C. The third-order valence-corrected chi connectivity index (χ3v) is 2.27. The van der Waals surface area contributed by atoms with E-state index in [1.54, 1.807) is 13.0 Å². The number of carbonyl (C=O) groups excluding carboxylic acids is 1. The van der Waals surface area contributed by atoms with Crippen molar-refractivity contribution in [3.8, 4) is 5.75 Å². The van der Waals surface area contributed by atoms with E-state index in [9.17, 15) is 4.79 Å². The zero-order chi connectivity index (χ0) is 12.8. The van der Waals surface area contributed by atoms with Gasteiger partial charge in [-0.1, -0.05) is 26.0 Å². The summed E-state index contributed by atoms with van der Waals surface area (Å²) in [7, 11) is 0. The third-order valence-electron chi connectivity index (χ3n) is 2.27. The summed E-state index contributed by atoms with van der Waals surface area (Å²) in [6.07, 6.45) is 0. The molecule has 0 saturated heterocycles. The van der Waals surface area contributed by atoms with Gasteiger partial charge in [-0.2, -0.15) is 0 Å². The van der Waals surface area contributed by atoms with Crippen LogP contribution in [-0.2, 0) is 4.74 Å². The van der Waals surface area contributed by atoms with Crippen LogP contribution in [0.5, 0.6) is 5.75 Å². The summed E-state index contributed by atoms with van der Waals surface area (Å²) in [4.78, 5) is 11.8. The highest BCUT2D eigenvalue weighted by Gasteiger charge is 2.15. The van der Waals surface area contributed by atoms with E-state index in [-0.39, 0.29) is 5.97 Å². The number of esters is 1. The molecule has 1 aromatic rings. The molecular formula is C14H20O3. The zero-order valence-electron chi connectivity index (χ0n) is 10.9. The minimum Gasteiger partial charge on any atom is -0.492 e. The molecule has 0 aliphatic carbocycles. The van der Waals surface area contributed by atoms with E-state index in [2.05, 4.69) is 13.8 Å². The first-order chi connectivity index (χ1) is 8.06. The number of aryl methyl sites for hydroxylation is 1. The van der Waals surface area contributed by atoms with Gasteiger partial charge in [0.1, 0.15) is 11.3 Å². The average Bonchev–Trinajstić information content (AvgIpc) is 2.27. The highest BCUT2D eigenvalue weighted by atomic mass is 16.5. The Kier molecular flexibility index (Phi) is 5.01. The van der Waals surface area contributed by atoms with Crippen molar-refractivity contribution in [3.05, 3.63) is 29.3 Å². The fourth-order valence-corrected chi connectivity index (χ4v) is 1.46. The number of hydrogen-bond donors (Lipinski definition) is 0. The van der Waals surface area contributed by atoms with Crippen LogP contribution in [0.1, 0.15) is 36.7 Å². The van der Waals surface area contributed by atoms with Gasteiger partial charge in [-0.25, -0.2) is 4.79 Å². The first kappa shape index (κ1) is 13.6. The summed E-state index contributed by atoms with van der Waals surface area (Å²) in [5.74, 6) is 0.735. The van der Waals surface area contributed by atoms with Gasteiger partial charge in [0.05, 0.1) is 13.2 Å². The number of rotatable bonds is 5. The van der Waals surface area contributed by atoms with Crippen molar-refractivity contribution in [1.82, 2.24) is 0 Å². The van der Waals surface area contributed by atoms with Crippen LogP contribution in [0.15, 0.2) is 18.2 Å². The van der Waals surface area contributed by atoms with E-state index in [4.69, 9.17) is 9.47 Å². The Morgan fingerprint density at radius 2 is 2.06 bits per heavy atom. The molecule has 0 fully saturated rings. The van der Waals surface area contributed by atoms with Crippen LogP contribution in [0, 0.1) is 12.8 Å². The quantitative estimate of drug-likeness (QED) is 0.736. The Balaban J connectivity index is 2.95. The Labute approximate surface area is 103 Å². The average molecular weight is 236 g/mol. The fourth-order valence-electron chi connectivity index (χ4n) is 1.46. The molecule has 0 aliphatic rings. The van der Waals surface area contributed by atoms with Gasteiger partial charge < -0.3 is 9.47 Å². The molecule has 0 bridgehead atoms. The van der Waals surface area contributed by atoms with Gasteiger partial charge >= 0.3 is 5.97 Å². The minimum atomic E-state index is -0.324. The van der Waals surface area contributed by atoms with Crippen molar-refractivity contribution < 1.29 is 14.3 Å². The smallest absolute Gasteiger partial charge is 0.341 e. The third kappa shape index (κ3) is 3.77. The van der Waals surface area contributed by atoms with Gasteiger partial charge in [0, 0.05) is 0 Å². The summed E-state index contributed by atoms with van der Waals surface area (Å²) >= 11 is 0. The van der Waals surface area contributed by atoms with E-state index in [0.717, 1.165) is 5.56 Å². The van der Waals surface area contributed by atoms with Crippen LogP contribution < -0.4 is 4.74 Å². The van der Waals surface area contributed by atoms with Gasteiger partial charge in [-0.15, -0.1) is 0 Å². The molecule has 1 aromatic carbocycles. The van der Waals surface area contributed by atoms with Crippen LogP contribution in [0.2, 0.25) is 0 Å². The molecule has 94 valence electrons. The summed E-state index contributed by atoms with van der Waals surface area (Å²) in [5.41, 5.74) is 1.46. The van der Waals surface area contributed by atoms with Gasteiger partial charge in [0.2, 0.25) is 0 Å².